The summed E-state index contributed by atoms with van der Waals surface area (Å²) in [5.74, 6) is 1.30. The van der Waals surface area contributed by atoms with E-state index < -0.39 is 0 Å². The Morgan fingerprint density at radius 3 is 3.11 bits per heavy atom. The number of rotatable bonds is 2. The SMILES string of the molecule is CCSC1CCC(=O)N1. The summed E-state index contributed by atoms with van der Waals surface area (Å²) in [5.41, 5.74) is 0. The molecule has 1 unspecified atom stereocenters. The lowest BCUT2D eigenvalue weighted by molar-refractivity contribution is -0.119. The molecule has 1 N–H and O–H groups in total. The zero-order valence-corrected chi connectivity index (χ0v) is 6.33. The topological polar surface area (TPSA) is 29.1 Å². The summed E-state index contributed by atoms with van der Waals surface area (Å²) in [5, 5.41) is 3.28. The second-order valence-corrected chi connectivity index (χ2v) is 3.53. The molecule has 9 heavy (non-hydrogen) atoms. The van der Waals surface area contributed by atoms with Crippen LogP contribution in [0.25, 0.3) is 0 Å². The Bertz CT molecular complexity index is 116. The van der Waals surface area contributed by atoms with Crippen LogP contribution in [0.2, 0.25) is 0 Å². The van der Waals surface area contributed by atoms with E-state index in [9.17, 15) is 4.79 Å². The van der Waals surface area contributed by atoms with Crippen LogP contribution < -0.4 is 5.32 Å². The zero-order valence-electron chi connectivity index (χ0n) is 5.52. The quantitative estimate of drug-likeness (QED) is 0.627. The molecule has 0 spiro atoms. The molecule has 1 fully saturated rings. The third kappa shape index (κ3) is 1.90. The van der Waals surface area contributed by atoms with E-state index in [-0.39, 0.29) is 5.91 Å². The Morgan fingerprint density at radius 1 is 1.89 bits per heavy atom. The molecule has 1 heterocycles. The monoisotopic (exact) mass is 145 g/mol. The maximum absolute atomic E-state index is 10.6. The average molecular weight is 145 g/mol. The standard InChI is InChI=1S/C6H11NOS/c1-2-9-6-4-3-5(8)7-6/h6H,2-4H2,1H3,(H,7,8). The largest absolute Gasteiger partial charge is 0.344 e. The molecule has 0 aromatic heterocycles. The van der Waals surface area contributed by atoms with Gasteiger partial charge in [0, 0.05) is 6.42 Å². The fourth-order valence-electron chi connectivity index (χ4n) is 0.912. The van der Waals surface area contributed by atoms with Crippen LogP contribution in [0, 0.1) is 0 Å². The van der Waals surface area contributed by atoms with Crippen LogP contribution in [0.4, 0.5) is 0 Å². The number of carbonyl (C=O) groups excluding carboxylic acids is 1. The van der Waals surface area contributed by atoms with Crippen LogP contribution in [0.1, 0.15) is 19.8 Å². The minimum atomic E-state index is 0.209. The normalized spacial score (nSPS) is 26.3. The predicted molar refractivity (Wildman–Crippen MR) is 39.3 cm³/mol. The molecule has 0 aromatic rings. The molecule has 1 rings (SSSR count). The van der Waals surface area contributed by atoms with Gasteiger partial charge in [-0.3, -0.25) is 4.79 Å². The van der Waals surface area contributed by atoms with Gasteiger partial charge in [-0.05, 0) is 12.2 Å². The van der Waals surface area contributed by atoms with E-state index >= 15 is 0 Å². The van der Waals surface area contributed by atoms with Gasteiger partial charge in [-0.25, -0.2) is 0 Å². The van der Waals surface area contributed by atoms with Crippen molar-refractivity contribution in [1.29, 1.82) is 0 Å². The molecule has 0 aromatic carbocycles. The molecule has 3 heteroatoms. The van der Waals surface area contributed by atoms with Gasteiger partial charge >= 0.3 is 0 Å². The van der Waals surface area contributed by atoms with Crippen LogP contribution in [0.3, 0.4) is 0 Å². The van der Waals surface area contributed by atoms with Crippen molar-refractivity contribution in [1.82, 2.24) is 5.32 Å². The van der Waals surface area contributed by atoms with Crippen LogP contribution in [0.15, 0.2) is 0 Å². The highest BCUT2D eigenvalue weighted by Crippen LogP contribution is 2.17. The highest BCUT2D eigenvalue weighted by molar-refractivity contribution is 7.99. The van der Waals surface area contributed by atoms with Crippen LogP contribution in [0.5, 0.6) is 0 Å². The molecule has 52 valence electrons. The van der Waals surface area contributed by atoms with E-state index in [1.54, 1.807) is 0 Å². The Hall–Kier alpha value is -0.180. The predicted octanol–water partition coefficient (Wildman–Crippen LogP) is 0.976. The van der Waals surface area contributed by atoms with Crippen molar-refractivity contribution in [3.63, 3.8) is 0 Å². The van der Waals surface area contributed by atoms with E-state index in [1.807, 2.05) is 11.8 Å². The van der Waals surface area contributed by atoms with Gasteiger partial charge in [0.1, 0.15) is 0 Å². The highest BCUT2D eigenvalue weighted by Gasteiger charge is 2.19. The summed E-state index contributed by atoms with van der Waals surface area (Å²) in [6, 6.07) is 0. The number of hydrogen-bond donors (Lipinski definition) is 1. The third-order valence-corrected chi connectivity index (χ3v) is 2.41. The van der Waals surface area contributed by atoms with Gasteiger partial charge in [0.05, 0.1) is 5.37 Å². The summed E-state index contributed by atoms with van der Waals surface area (Å²) >= 11 is 1.81. The molecular formula is C6H11NOS. The van der Waals surface area contributed by atoms with Crippen LogP contribution in [-0.2, 0) is 4.79 Å². The second kappa shape index (κ2) is 3.11. The summed E-state index contributed by atoms with van der Waals surface area (Å²) in [6.45, 7) is 2.11. The average Bonchev–Trinajstić information content (AvgIpc) is 2.17. The van der Waals surface area contributed by atoms with Crippen molar-refractivity contribution >= 4 is 17.7 Å². The molecule has 0 saturated carbocycles. The Morgan fingerprint density at radius 2 is 2.67 bits per heavy atom. The van der Waals surface area contributed by atoms with Crippen molar-refractivity contribution in [3.8, 4) is 0 Å². The van der Waals surface area contributed by atoms with Crippen LogP contribution >= 0.6 is 11.8 Å². The smallest absolute Gasteiger partial charge is 0.220 e. The molecule has 0 bridgehead atoms. The van der Waals surface area contributed by atoms with Crippen LogP contribution in [-0.4, -0.2) is 17.0 Å². The molecule has 0 radical (unpaired) electrons. The first-order valence-corrected chi connectivity index (χ1v) is 4.28. The molecule has 1 amide bonds. The van der Waals surface area contributed by atoms with E-state index in [0.29, 0.717) is 5.37 Å². The molecule has 1 aliphatic heterocycles. The van der Waals surface area contributed by atoms with Crippen molar-refractivity contribution in [3.05, 3.63) is 0 Å². The molecule has 1 aliphatic rings. The maximum Gasteiger partial charge on any atom is 0.220 e. The summed E-state index contributed by atoms with van der Waals surface area (Å²) in [4.78, 5) is 10.6. The van der Waals surface area contributed by atoms with Crippen molar-refractivity contribution in [2.75, 3.05) is 5.75 Å². The van der Waals surface area contributed by atoms with Gasteiger partial charge < -0.3 is 5.32 Å². The van der Waals surface area contributed by atoms with E-state index in [1.165, 1.54) is 0 Å². The summed E-state index contributed by atoms with van der Waals surface area (Å²) in [7, 11) is 0. The van der Waals surface area contributed by atoms with Gasteiger partial charge in [-0.1, -0.05) is 6.92 Å². The van der Waals surface area contributed by atoms with E-state index in [4.69, 9.17) is 0 Å². The van der Waals surface area contributed by atoms with Gasteiger partial charge in [0.25, 0.3) is 0 Å². The number of hydrogen-bond acceptors (Lipinski definition) is 2. The molecule has 2 nitrogen and oxygen atoms in total. The summed E-state index contributed by atoms with van der Waals surface area (Å²) in [6.07, 6.45) is 1.73. The zero-order chi connectivity index (χ0) is 6.69. The lowest BCUT2D eigenvalue weighted by Crippen LogP contribution is -2.22. The lowest BCUT2D eigenvalue weighted by atomic mass is 10.4. The van der Waals surface area contributed by atoms with Crippen molar-refractivity contribution in [2.45, 2.75) is 25.1 Å². The fourth-order valence-corrected chi connectivity index (χ4v) is 1.81. The molecule has 1 saturated heterocycles. The van der Waals surface area contributed by atoms with Crippen molar-refractivity contribution in [2.24, 2.45) is 0 Å². The maximum atomic E-state index is 10.6. The fraction of sp³-hybridized carbons (Fsp3) is 0.833. The number of nitrogens with one attached hydrogen (secondary N) is 1. The second-order valence-electron chi connectivity index (χ2n) is 2.05. The summed E-state index contributed by atoms with van der Waals surface area (Å²) < 4.78 is 0. The molecule has 1 atom stereocenters. The first kappa shape index (κ1) is 6.93. The van der Waals surface area contributed by atoms with Gasteiger partial charge in [-0.2, -0.15) is 0 Å². The minimum absolute atomic E-state index is 0.209. The van der Waals surface area contributed by atoms with E-state index in [2.05, 4.69) is 12.2 Å². The minimum Gasteiger partial charge on any atom is -0.344 e. The van der Waals surface area contributed by atoms with Crippen molar-refractivity contribution < 1.29 is 4.79 Å². The Kier molecular flexibility index (Phi) is 2.39. The first-order chi connectivity index (χ1) is 4.33. The molecular weight excluding hydrogens is 134 g/mol. The van der Waals surface area contributed by atoms with Gasteiger partial charge in [0.2, 0.25) is 5.91 Å². The van der Waals surface area contributed by atoms with Gasteiger partial charge in [0.15, 0.2) is 0 Å². The Balaban J connectivity index is 2.22. The third-order valence-electron chi connectivity index (χ3n) is 1.32. The molecule has 0 aliphatic carbocycles. The van der Waals surface area contributed by atoms with E-state index in [0.717, 1.165) is 18.6 Å². The lowest BCUT2D eigenvalue weighted by Gasteiger charge is -2.05. The number of carbonyl (C=O) groups is 1. The number of thioether (sulfide) groups is 1. The number of amides is 1. The highest BCUT2D eigenvalue weighted by atomic mass is 32.2. The first-order valence-electron chi connectivity index (χ1n) is 3.24. The van der Waals surface area contributed by atoms with Gasteiger partial charge in [-0.15, -0.1) is 11.8 Å². The Labute approximate surface area is 59.4 Å².